The lowest BCUT2D eigenvalue weighted by atomic mass is 9.87. The van der Waals surface area contributed by atoms with Crippen molar-refractivity contribution in [3.8, 4) is 24.0 Å². The van der Waals surface area contributed by atoms with Crippen LogP contribution in [0.15, 0.2) is 72.8 Å². The lowest BCUT2D eigenvalue weighted by Gasteiger charge is -2.17. The van der Waals surface area contributed by atoms with Crippen molar-refractivity contribution < 1.29 is 9.47 Å². The second-order valence-corrected chi connectivity index (χ2v) is 6.64. The molecule has 0 fully saturated rings. The molecule has 0 amide bonds. The maximum absolute atomic E-state index is 8.60. The topological polar surface area (TPSA) is 66.0 Å². The van der Waals surface area contributed by atoms with Gasteiger partial charge in [0.15, 0.2) is 0 Å². The van der Waals surface area contributed by atoms with Crippen LogP contribution in [-0.2, 0) is 0 Å². The fourth-order valence-electron chi connectivity index (χ4n) is 3.24. The molecule has 3 aromatic rings. The zero-order valence-electron chi connectivity index (χ0n) is 15.8. The van der Waals surface area contributed by atoms with E-state index in [9.17, 15) is 0 Å². The molecule has 3 aromatic carbocycles. The van der Waals surface area contributed by atoms with Crippen molar-refractivity contribution in [1.29, 1.82) is 10.5 Å². The van der Waals surface area contributed by atoms with E-state index in [0.29, 0.717) is 11.5 Å². The van der Waals surface area contributed by atoms with Crippen molar-refractivity contribution in [2.24, 2.45) is 0 Å². The summed E-state index contributed by atoms with van der Waals surface area (Å²) in [4.78, 5) is 0. The van der Waals surface area contributed by atoms with Gasteiger partial charge in [-0.2, -0.15) is 0 Å². The van der Waals surface area contributed by atoms with Gasteiger partial charge in [0, 0.05) is 11.8 Å². The maximum Gasteiger partial charge on any atom is 0.292 e. The number of hydrogen-bond donors (Lipinski definition) is 0. The average Bonchev–Trinajstić information content (AvgIpc) is 2.74. The third-order valence-corrected chi connectivity index (χ3v) is 5.00. The van der Waals surface area contributed by atoms with E-state index in [2.05, 4.69) is 38.1 Å². The standard InChI is InChI=1S/C24H20N2O2/c1-17(19-6-10-23(11-7-19)27-15-25)21-4-3-5-22(14-21)18(2)20-8-12-24(13-9-20)28-16-26/h3-14,17-18H,1-2H3/t17-,18+. The van der Waals surface area contributed by atoms with Gasteiger partial charge in [-0.05, 0) is 46.5 Å². The molecule has 0 aromatic heterocycles. The van der Waals surface area contributed by atoms with Gasteiger partial charge in [0.05, 0.1) is 0 Å². The Morgan fingerprint density at radius 1 is 0.607 bits per heavy atom. The third-order valence-electron chi connectivity index (χ3n) is 5.00. The number of ether oxygens (including phenoxy) is 2. The van der Waals surface area contributed by atoms with Gasteiger partial charge in [0.1, 0.15) is 11.5 Å². The van der Waals surface area contributed by atoms with E-state index in [4.69, 9.17) is 20.0 Å². The van der Waals surface area contributed by atoms with Gasteiger partial charge in [-0.1, -0.05) is 62.4 Å². The first-order valence-corrected chi connectivity index (χ1v) is 9.04. The van der Waals surface area contributed by atoms with Crippen molar-refractivity contribution in [1.82, 2.24) is 0 Å². The van der Waals surface area contributed by atoms with Crippen LogP contribution < -0.4 is 9.47 Å². The van der Waals surface area contributed by atoms with Gasteiger partial charge in [-0.3, -0.25) is 0 Å². The predicted octanol–water partition coefficient (Wildman–Crippen LogP) is 5.71. The van der Waals surface area contributed by atoms with Crippen LogP contribution in [0.4, 0.5) is 0 Å². The molecule has 138 valence electrons. The SMILES string of the molecule is C[C@H](c1ccc(OC#N)cc1)c1cccc([C@@H](C)c2ccc(OC#N)cc2)c1. The van der Waals surface area contributed by atoms with Crippen molar-refractivity contribution in [3.63, 3.8) is 0 Å². The van der Waals surface area contributed by atoms with Crippen molar-refractivity contribution in [3.05, 3.63) is 95.1 Å². The Morgan fingerprint density at radius 3 is 1.36 bits per heavy atom. The molecule has 0 bridgehead atoms. The molecule has 0 radical (unpaired) electrons. The average molecular weight is 368 g/mol. The number of nitrogens with zero attached hydrogens (tertiary/aromatic N) is 2. The highest BCUT2D eigenvalue weighted by molar-refractivity contribution is 5.41. The van der Waals surface area contributed by atoms with Gasteiger partial charge >= 0.3 is 0 Å². The van der Waals surface area contributed by atoms with E-state index in [1.165, 1.54) is 11.1 Å². The Kier molecular flexibility index (Phi) is 5.94. The molecule has 2 atom stereocenters. The van der Waals surface area contributed by atoms with E-state index in [1.807, 2.05) is 48.5 Å². The van der Waals surface area contributed by atoms with Crippen LogP contribution in [0.2, 0.25) is 0 Å². The predicted molar refractivity (Wildman–Crippen MR) is 107 cm³/mol. The van der Waals surface area contributed by atoms with Crippen LogP contribution in [-0.4, -0.2) is 0 Å². The Morgan fingerprint density at radius 2 is 1.00 bits per heavy atom. The molecule has 0 N–H and O–H groups in total. The summed E-state index contributed by atoms with van der Waals surface area (Å²) in [6.45, 7) is 4.33. The zero-order chi connectivity index (χ0) is 19.9. The van der Waals surface area contributed by atoms with Gasteiger partial charge in [-0.15, -0.1) is 10.5 Å². The lowest BCUT2D eigenvalue weighted by Crippen LogP contribution is -2.00. The number of rotatable bonds is 6. The number of nitriles is 2. The van der Waals surface area contributed by atoms with Gasteiger partial charge in [-0.25, -0.2) is 0 Å². The summed E-state index contributed by atoms with van der Waals surface area (Å²) in [5, 5.41) is 17.2. The molecular formula is C24H20N2O2. The summed E-state index contributed by atoms with van der Waals surface area (Å²) in [6.07, 6.45) is 3.37. The molecule has 0 unspecified atom stereocenters. The fourth-order valence-corrected chi connectivity index (χ4v) is 3.24. The molecule has 0 heterocycles. The summed E-state index contributed by atoms with van der Waals surface area (Å²) < 4.78 is 9.70. The highest BCUT2D eigenvalue weighted by Gasteiger charge is 2.13. The minimum atomic E-state index is 0.217. The zero-order valence-corrected chi connectivity index (χ0v) is 15.8. The van der Waals surface area contributed by atoms with Crippen LogP contribution in [0.1, 0.15) is 47.9 Å². The molecule has 0 aliphatic carbocycles. The Hall–Kier alpha value is -3.76. The minimum absolute atomic E-state index is 0.217. The quantitative estimate of drug-likeness (QED) is 0.523. The van der Waals surface area contributed by atoms with E-state index >= 15 is 0 Å². The van der Waals surface area contributed by atoms with Gasteiger partial charge in [0.2, 0.25) is 0 Å². The third kappa shape index (κ3) is 4.31. The molecule has 0 spiro atoms. The summed E-state index contributed by atoms with van der Waals surface area (Å²) in [5.74, 6) is 1.53. The summed E-state index contributed by atoms with van der Waals surface area (Å²) in [5.41, 5.74) is 4.77. The van der Waals surface area contributed by atoms with Crippen LogP contribution >= 0.6 is 0 Å². The summed E-state index contributed by atoms with van der Waals surface area (Å²) >= 11 is 0. The molecule has 0 aliphatic rings. The van der Waals surface area contributed by atoms with Crippen LogP contribution in [0.5, 0.6) is 11.5 Å². The molecule has 3 rings (SSSR count). The molecule has 0 saturated heterocycles. The maximum atomic E-state index is 8.60. The minimum Gasteiger partial charge on any atom is -0.388 e. The summed E-state index contributed by atoms with van der Waals surface area (Å²) in [7, 11) is 0. The molecule has 0 saturated carbocycles. The molecule has 4 nitrogen and oxygen atoms in total. The number of benzene rings is 3. The Labute approximate surface area is 165 Å². The monoisotopic (exact) mass is 368 g/mol. The molecular weight excluding hydrogens is 348 g/mol. The van der Waals surface area contributed by atoms with Crippen molar-refractivity contribution in [2.45, 2.75) is 25.7 Å². The van der Waals surface area contributed by atoms with Crippen LogP contribution in [0.25, 0.3) is 0 Å². The second-order valence-electron chi connectivity index (χ2n) is 6.64. The second kappa shape index (κ2) is 8.75. The van der Waals surface area contributed by atoms with E-state index < -0.39 is 0 Å². The van der Waals surface area contributed by atoms with Gasteiger partial charge in [0.25, 0.3) is 12.5 Å². The first-order valence-electron chi connectivity index (χ1n) is 9.04. The molecule has 4 heteroatoms. The smallest absolute Gasteiger partial charge is 0.292 e. The largest absolute Gasteiger partial charge is 0.388 e. The van der Waals surface area contributed by atoms with Gasteiger partial charge < -0.3 is 9.47 Å². The Bertz CT molecular complexity index is 931. The van der Waals surface area contributed by atoms with E-state index in [0.717, 1.165) is 11.1 Å². The molecule has 28 heavy (non-hydrogen) atoms. The number of hydrogen-bond acceptors (Lipinski definition) is 4. The highest BCUT2D eigenvalue weighted by Crippen LogP contribution is 2.31. The molecule has 0 aliphatic heterocycles. The normalized spacial score (nSPS) is 12.3. The van der Waals surface area contributed by atoms with Crippen molar-refractivity contribution >= 4 is 0 Å². The van der Waals surface area contributed by atoms with Crippen molar-refractivity contribution in [2.75, 3.05) is 0 Å². The summed E-state index contributed by atoms with van der Waals surface area (Å²) in [6, 6.07) is 23.8. The van der Waals surface area contributed by atoms with Crippen LogP contribution in [0.3, 0.4) is 0 Å². The fraction of sp³-hybridized carbons (Fsp3) is 0.167. The Balaban J connectivity index is 1.81. The first kappa shape index (κ1) is 19.0. The lowest BCUT2D eigenvalue weighted by molar-refractivity contribution is 0.506. The van der Waals surface area contributed by atoms with Crippen LogP contribution in [0, 0.1) is 23.0 Å². The first-order chi connectivity index (χ1) is 13.6. The van der Waals surface area contributed by atoms with E-state index in [-0.39, 0.29) is 11.8 Å². The van der Waals surface area contributed by atoms with E-state index in [1.54, 1.807) is 12.5 Å². The highest BCUT2D eigenvalue weighted by atomic mass is 16.5.